The minimum Gasteiger partial charge on any atom is -0.387 e. The van der Waals surface area contributed by atoms with Crippen LogP contribution in [0.2, 0.25) is 0 Å². The molecule has 1 aromatic rings. The molecule has 2 unspecified atom stereocenters. The highest BCUT2D eigenvalue weighted by atomic mass is 31.2. The molecule has 11 heteroatoms. The van der Waals surface area contributed by atoms with Gasteiger partial charge in [0.15, 0.2) is 11.9 Å². The topological polar surface area (TPSA) is 123 Å². The van der Waals surface area contributed by atoms with Crippen molar-refractivity contribution in [3.8, 4) is 0 Å². The van der Waals surface area contributed by atoms with Gasteiger partial charge in [0.2, 0.25) is 0 Å². The standard InChI is InChI=1S/C16H27FN3O6P/c1-9(2)10(3)19-27(5,24)25-8-11-13(22)16(4,17)14(26-11)20-7-6-12(21)18-15(20)23/h6-7,9-11,13-14,22H,8H2,1-5H3,(H,19,24)(H,18,21,23)/t10-,11+,13-,14+,16?,27?/m0/s1. The molecule has 0 aliphatic carbocycles. The maximum Gasteiger partial charge on any atom is 0.330 e. The molecule has 6 atom stereocenters. The van der Waals surface area contributed by atoms with Crippen LogP contribution in [0.4, 0.5) is 4.39 Å². The Morgan fingerprint density at radius 3 is 2.67 bits per heavy atom. The van der Waals surface area contributed by atoms with Crippen LogP contribution < -0.4 is 16.3 Å². The molecule has 1 aliphatic heterocycles. The van der Waals surface area contributed by atoms with E-state index < -0.39 is 42.9 Å². The molecule has 2 rings (SSSR count). The number of alkyl halides is 1. The fraction of sp³-hybridized carbons (Fsp3) is 0.750. The van der Waals surface area contributed by atoms with Crippen molar-refractivity contribution in [1.82, 2.24) is 14.6 Å². The summed E-state index contributed by atoms with van der Waals surface area (Å²) < 4.78 is 39.3. The summed E-state index contributed by atoms with van der Waals surface area (Å²) in [4.78, 5) is 25.1. The molecular weight excluding hydrogens is 380 g/mol. The van der Waals surface area contributed by atoms with Gasteiger partial charge in [0.1, 0.15) is 12.2 Å². The summed E-state index contributed by atoms with van der Waals surface area (Å²) in [6.07, 6.45) is -3.14. The number of aromatic nitrogens is 2. The summed E-state index contributed by atoms with van der Waals surface area (Å²) >= 11 is 0. The van der Waals surface area contributed by atoms with E-state index in [9.17, 15) is 19.3 Å². The van der Waals surface area contributed by atoms with E-state index in [2.05, 4.69) is 5.09 Å². The molecular formula is C16H27FN3O6P. The summed E-state index contributed by atoms with van der Waals surface area (Å²) in [7, 11) is -3.21. The maximum atomic E-state index is 15.1. The molecule has 0 saturated carbocycles. The van der Waals surface area contributed by atoms with Crippen LogP contribution in [-0.4, -0.2) is 51.8 Å². The Balaban J connectivity index is 2.13. The first-order valence-electron chi connectivity index (χ1n) is 8.69. The number of hydrogen-bond acceptors (Lipinski definition) is 6. The largest absolute Gasteiger partial charge is 0.387 e. The lowest BCUT2D eigenvalue weighted by molar-refractivity contribution is -0.0585. The maximum absolute atomic E-state index is 15.1. The summed E-state index contributed by atoms with van der Waals surface area (Å²) in [5, 5.41) is 13.2. The fourth-order valence-electron chi connectivity index (χ4n) is 2.73. The van der Waals surface area contributed by atoms with E-state index in [0.29, 0.717) is 0 Å². The van der Waals surface area contributed by atoms with E-state index in [-0.39, 0.29) is 18.6 Å². The zero-order chi connectivity index (χ0) is 20.6. The average Bonchev–Trinajstić information content (AvgIpc) is 2.76. The molecule has 27 heavy (non-hydrogen) atoms. The number of aliphatic hydroxyl groups excluding tert-OH is 1. The predicted molar refractivity (Wildman–Crippen MR) is 97.7 cm³/mol. The molecule has 0 spiro atoms. The van der Waals surface area contributed by atoms with E-state index in [1.165, 1.54) is 6.66 Å². The van der Waals surface area contributed by atoms with Gasteiger partial charge in [-0.25, -0.2) is 14.3 Å². The van der Waals surface area contributed by atoms with Crippen LogP contribution in [0.5, 0.6) is 0 Å². The van der Waals surface area contributed by atoms with Gasteiger partial charge in [-0.05, 0) is 19.8 Å². The van der Waals surface area contributed by atoms with Gasteiger partial charge in [-0.2, -0.15) is 0 Å². The molecule has 1 aliphatic rings. The molecule has 1 aromatic heterocycles. The quantitative estimate of drug-likeness (QED) is 0.576. The number of nitrogens with zero attached hydrogens (tertiary/aromatic N) is 1. The number of aromatic amines is 1. The molecule has 9 nitrogen and oxygen atoms in total. The van der Waals surface area contributed by atoms with Crippen molar-refractivity contribution in [1.29, 1.82) is 0 Å². The first kappa shape index (κ1) is 22.0. The van der Waals surface area contributed by atoms with Crippen LogP contribution in [0.3, 0.4) is 0 Å². The summed E-state index contributed by atoms with van der Waals surface area (Å²) in [6, 6.07) is 0.975. The van der Waals surface area contributed by atoms with Crippen molar-refractivity contribution < 1.29 is 23.3 Å². The molecule has 1 saturated heterocycles. The van der Waals surface area contributed by atoms with Crippen molar-refractivity contribution in [3.63, 3.8) is 0 Å². The molecule has 154 valence electrons. The minimum atomic E-state index is -3.21. The Morgan fingerprint density at radius 1 is 1.48 bits per heavy atom. The third kappa shape index (κ3) is 4.94. The predicted octanol–water partition coefficient (Wildman–Crippen LogP) is 0.997. The van der Waals surface area contributed by atoms with Gasteiger partial charge >= 0.3 is 5.69 Å². The van der Waals surface area contributed by atoms with Gasteiger partial charge in [-0.3, -0.25) is 18.9 Å². The molecule has 0 radical (unpaired) electrons. The van der Waals surface area contributed by atoms with Crippen LogP contribution in [-0.2, 0) is 13.8 Å². The number of rotatable bonds is 7. The van der Waals surface area contributed by atoms with Crippen LogP contribution in [0.1, 0.15) is 33.9 Å². The number of hydrogen-bond donors (Lipinski definition) is 3. The van der Waals surface area contributed by atoms with Crippen LogP contribution >= 0.6 is 7.52 Å². The highest BCUT2D eigenvalue weighted by molar-refractivity contribution is 7.56. The lowest BCUT2D eigenvalue weighted by Gasteiger charge is -2.25. The monoisotopic (exact) mass is 407 g/mol. The Morgan fingerprint density at radius 2 is 2.11 bits per heavy atom. The molecule has 0 bridgehead atoms. The van der Waals surface area contributed by atoms with E-state index in [4.69, 9.17) is 9.26 Å². The van der Waals surface area contributed by atoms with Gasteiger partial charge in [-0.15, -0.1) is 0 Å². The summed E-state index contributed by atoms with van der Waals surface area (Å²) in [6.45, 7) is 7.94. The molecule has 0 aromatic carbocycles. The van der Waals surface area contributed by atoms with Crippen molar-refractivity contribution in [2.24, 2.45) is 5.92 Å². The van der Waals surface area contributed by atoms with Gasteiger partial charge < -0.3 is 14.4 Å². The lowest BCUT2D eigenvalue weighted by atomic mass is 9.98. The Kier molecular flexibility index (Phi) is 6.48. The molecule has 0 amide bonds. The summed E-state index contributed by atoms with van der Waals surface area (Å²) in [5.74, 6) is 0.223. The number of halogens is 1. The fourth-order valence-corrected chi connectivity index (χ4v) is 4.28. The zero-order valence-corrected chi connectivity index (χ0v) is 16.9. The van der Waals surface area contributed by atoms with Gasteiger partial charge in [0, 0.05) is 25.0 Å². The highest BCUT2D eigenvalue weighted by Crippen LogP contribution is 2.44. The lowest BCUT2D eigenvalue weighted by Crippen LogP contribution is -2.43. The molecule has 1 fully saturated rings. The third-order valence-electron chi connectivity index (χ3n) is 4.74. The number of aliphatic hydroxyl groups is 1. The SMILES string of the molecule is CC(C)[C@H](C)NP(C)(=O)OC[C@H]1O[C@@H](n2ccc(=O)[nH]c2=O)C(C)(F)[C@H]1O. The number of nitrogens with one attached hydrogen (secondary N) is 2. The first-order valence-corrected chi connectivity index (χ1v) is 10.8. The second-order valence-electron chi connectivity index (χ2n) is 7.44. The minimum absolute atomic E-state index is 0.0748. The number of ether oxygens (including phenoxy) is 1. The Hall–Kier alpha value is -1.32. The average molecular weight is 407 g/mol. The van der Waals surface area contributed by atoms with Crippen molar-refractivity contribution in [3.05, 3.63) is 33.1 Å². The van der Waals surface area contributed by atoms with Crippen LogP contribution in [0.25, 0.3) is 0 Å². The Bertz CT molecular complexity index is 823. The van der Waals surface area contributed by atoms with Gasteiger partial charge in [0.25, 0.3) is 13.1 Å². The van der Waals surface area contributed by atoms with E-state index in [0.717, 1.165) is 23.8 Å². The smallest absolute Gasteiger partial charge is 0.330 e. The van der Waals surface area contributed by atoms with E-state index in [1.54, 1.807) is 0 Å². The van der Waals surface area contributed by atoms with Crippen molar-refractivity contribution in [2.45, 2.75) is 57.8 Å². The highest BCUT2D eigenvalue weighted by Gasteiger charge is 2.55. The number of H-pyrrole nitrogens is 1. The van der Waals surface area contributed by atoms with Crippen LogP contribution in [0.15, 0.2) is 21.9 Å². The molecule has 3 N–H and O–H groups in total. The van der Waals surface area contributed by atoms with Gasteiger partial charge in [0.05, 0.1) is 6.61 Å². The normalized spacial score (nSPS) is 31.8. The third-order valence-corrected chi connectivity index (χ3v) is 6.26. The van der Waals surface area contributed by atoms with Crippen LogP contribution in [0, 0.1) is 5.92 Å². The zero-order valence-electron chi connectivity index (χ0n) is 16.0. The van der Waals surface area contributed by atoms with Crippen molar-refractivity contribution in [2.75, 3.05) is 13.3 Å². The van der Waals surface area contributed by atoms with Crippen molar-refractivity contribution >= 4 is 7.52 Å². The van der Waals surface area contributed by atoms with Gasteiger partial charge in [-0.1, -0.05) is 13.8 Å². The summed E-state index contributed by atoms with van der Waals surface area (Å²) in [5.41, 5.74) is -3.82. The second-order valence-corrected chi connectivity index (χ2v) is 9.65. The second kappa shape index (κ2) is 7.97. The van der Waals surface area contributed by atoms with E-state index in [1.807, 2.05) is 25.8 Å². The van der Waals surface area contributed by atoms with E-state index >= 15 is 4.39 Å². The Labute approximate surface area is 156 Å². The first-order chi connectivity index (χ1) is 12.3. The molecule has 2 heterocycles.